The molecule has 0 saturated heterocycles. The van der Waals surface area contributed by atoms with Crippen LogP contribution in [0.3, 0.4) is 0 Å². The van der Waals surface area contributed by atoms with Crippen LogP contribution >= 0.6 is 12.2 Å². The van der Waals surface area contributed by atoms with Gasteiger partial charge in [0.05, 0.1) is 6.61 Å². The zero-order valence-electron chi connectivity index (χ0n) is 7.66. The molecule has 0 saturated carbocycles. The third-order valence-corrected chi connectivity index (χ3v) is 2.09. The maximum Gasteiger partial charge on any atom is 0.342 e. The molecule has 1 heterocycles. The Labute approximate surface area is 81.5 Å². The van der Waals surface area contributed by atoms with Crippen molar-refractivity contribution in [3.05, 3.63) is 16.4 Å². The van der Waals surface area contributed by atoms with E-state index in [-0.39, 0.29) is 5.97 Å². The molecule has 0 spiro atoms. The van der Waals surface area contributed by atoms with E-state index in [4.69, 9.17) is 17.0 Å². The lowest BCUT2D eigenvalue weighted by Crippen LogP contribution is -2.04. The lowest BCUT2D eigenvalue weighted by molar-refractivity contribution is 0.0525. The van der Waals surface area contributed by atoms with Crippen molar-refractivity contribution in [3.63, 3.8) is 0 Å². The van der Waals surface area contributed by atoms with Gasteiger partial charge in [0, 0.05) is 12.7 Å². The van der Waals surface area contributed by atoms with Gasteiger partial charge in [-0.3, -0.25) is 4.68 Å². The summed E-state index contributed by atoms with van der Waals surface area (Å²) in [6.45, 7) is 4.80. The molecule has 0 bridgehead atoms. The van der Waals surface area contributed by atoms with Gasteiger partial charge in [0.2, 0.25) is 0 Å². The molecule has 1 N–H and O–H groups in total. The maximum absolute atomic E-state index is 11.3. The van der Waals surface area contributed by atoms with Crippen LogP contribution in [0.1, 0.15) is 24.2 Å². The first-order valence-corrected chi connectivity index (χ1v) is 4.56. The molecular formula is C8H12N2O2S. The molecule has 0 aliphatic carbocycles. The molecular weight excluding hydrogens is 188 g/mol. The number of hydrogen-bond donors (Lipinski definition) is 1. The second-order valence-electron chi connectivity index (χ2n) is 2.46. The van der Waals surface area contributed by atoms with E-state index >= 15 is 0 Å². The van der Waals surface area contributed by atoms with E-state index < -0.39 is 0 Å². The number of esters is 1. The SMILES string of the molecule is CCOC(=O)c1c[nH]n(CC)c1=S. The number of H-pyrrole nitrogens is 1. The summed E-state index contributed by atoms with van der Waals surface area (Å²) in [5.41, 5.74) is 0.429. The van der Waals surface area contributed by atoms with Crippen LogP contribution in [-0.2, 0) is 11.3 Å². The van der Waals surface area contributed by atoms with Crippen LogP contribution in [0.2, 0.25) is 0 Å². The molecule has 1 aromatic rings. The fraction of sp³-hybridized carbons (Fsp3) is 0.500. The second kappa shape index (κ2) is 4.23. The van der Waals surface area contributed by atoms with Gasteiger partial charge in [-0.05, 0) is 13.8 Å². The van der Waals surface area contributed by atoms with Gasteiger partial charge in [-0.25, -0.2) is 4.79 Å². The molecule has 4 nitrogen and oxygen atoms in total. The fourth-order valence-corrected chi connectivity index (χ4v) is 1.32. The number of carbonyl (C=O) groups is 1. The van der Waals surface area contributed by atoms with Crippen molar-refractivity contribution < 1.29 is 9.53 Å². The number of nitrogens with zero attached hydrogens (tertiary/aromatic N) is 1. The van der Waals surface area contributed by atoms with Crippen molar-refractivity contribution in [2.24, 2.45) is 0 Å². The minimum Gasteiger partial charge on any atom is -0.462 e. The Balaban J connectivity index is 2.96. The lowest BCUT2D eigenvalue weighted by atomic mass is 10.4. The van der Waals surface area contributed by atoms with Gasteiger partial charge in [0.25, 0.3) is 0 Å². The minimum absolute atomic E-state index is 0.365. The number of aromatic amines is 1. The number of aromatic nitrogens is 2. The summed E-state index contributed by atoms with van der Waals surface area (Å²) >= 11 is 5.05. The molecule has 1 rings (SSSR count). The summed E-state index contributed by atoms with van der Waals surface area (Å²) in [6.07, 6.45) is 1.57. The van der Waals surface area contributed by atoms with Crippen molar-refractivity contribution >= 4 is 18.2 Å². The Bertz CT molecular complexity index is 353. The first kappa shape index (κ1) is 9.98. The third kappa shape index (κ3) is 1.98. The standard InChI is InChI=1S/C8H12N2O2S/c1-3-10-7(13)6(5-9-10)8(11)12-4-2/h5,9H,3-4H2,1-2H3. The van der Waals surface area contributed by atoms with Crippen LogP contribution in [0, 0.1) is 4.64 Å². The number of carbonyl (C=O) groups excluding carboxylic acids is 1. The van der Waals surface area contributed by atoms with Crippen molar-refractivity contribution in [1.29, 1.82) is 0 Å². The molecule has 0 fully saturated rings. The monoisotopic (exact) mass is 200 g/mol. The zero-order chi connectivity index (χ0) is 9.84. The van der Waals surface area contributed by atoms with E-state index in [9.17, 15) is 4.79 Å². The van der Waals surface area contributed by atoms with Gasteiger partial charge in [0.15, 0.2) is 0 Å². The summed E-state index contributed by atoms with van der Waals surface area (Å²) < 4.78 is 7.04. The van der Waals surface area contributed by atoms with Crippen molar-refractivity contribution in [2.45, 2.75) is 20.4 Å². The van der Waals surface area contributed by atoms with E-state index in [1.165, 1.54) is 0 Å². The number of ether oxygens (including phenoxy) is 1. The maximum atomic E-state index is 11.3. The van der Waals surface area contributed by atoms with Gasteiger partial charge in [-0.2, -0.15) is 0 Å². The van der Waals surface area contributed by atoms with Crippen molar-refractivity contribution in [1.82, 2.24) is 9.78 Å². The number of nitrogens with one attached hydrogen (secondary N) is 1. The van der Waals surface area contributed by atoms with E-state index in [1.54, 1.807) is 17.8 Å². The highest BCUT2D eigenvalue weighted by Gasteiger charge is 2.11. The Kier molecular flexibility index (Phi) is 3.25. The second-order valence-corrected chi connectivity index (χ2v) is 2.84. The Morgan fingerprint density at radius 3 is 2.85 bits per heavy atom. The van der Waals surface area contributed by atoms with Gasteiger partial charge in [0.1, 0.15) is 10.2 Å². The third-order valence-electron chi connectivity index (χ3n) is 1.65. The summed E-state index contributed by atoms with van der Waals surface area (Å²) in [7, 11) is 0. The van der Waals surface area contributed by atoms with E-state index in [0.29, 0.717) is 16.8 Å². The summed E-state index contributed by atoms with van der Waals surface area (Å²) in [4.78, 5) is 11.3. The predicted octanol–water partition coefficient (Wildman–Crippen LogP) is 1.74. The van der Waals surface area contributed by atoms with Crippen LogP contribution in [0.25, 0.3) is 0 Å². The average molecular weight is 200 g/mol. The lowest BCUT2D eigenvalue weighted by Gasteiger charge is -1.97. The first-order chi connectivity index (χ1) is 6.20. The Morgan fingerprint density at radius 2 is 2.38 bits per heavy atom. The number of rotatable bonds is 3. The Hall–Kier alpha value is -1.10. The topological polar surface area (TPSA) is 47.0 Å². The first-order valence-electron chi connectivity index (χ1n) is 4.16. The van der Waals surface area contributed by atoms with E-state index in [0.717, 1.165) is 6.54 Å². The molecule has 13 heavy (non-hydrogen) atoms. The smallest absolute Gasteiger partial charge is 0.342 e. The molecule has 0 amide bonds. The van der Waals surface area contributed by atoms with E-state index in [2.05, 4.69) is 5.10 Å². The summed E-state index contributed by atoms with van der Waals surface area (Å²) in [6, 6.07) is 0. The average Bonchev–Trinajstić information content (AvgIpc) is 2.47. The quantitative estimate of drug-likeness (QED) is 0.597. The molecule has 0 aromatic carbocycles. The minimum atomic E-state index is -0.365. The van der Waals surface area contributed by atoms with Gasteiger partial charge in [-0.15, -0.1) is 0 Å². The molecule has 0 aliphatic heterocycles. The molecule has 0 unspecified atom stereocenters. The van der Waals surface area contributed by atoms with Crippen LogP contribution in [0.4, 0.5) is 0 Å². The highest BCUT2D eigenvalue weighted by molar-refractivity contribution is 7.71. The predicted molar refractivity (Wildman–Crippen MR) is 51.2 cm³/mol. The molecule has 5 heteroatoms. The van der Waals surface area contributed by atoms with Crippen LogP contribution < -0.4 is 0 Å². The largest absolute Gasteiger partial charge is 0.462 e. The molecule has 0 atom stereocenters. The number of hydrogen-bond acceptors (Lipinski definition) is 3. The van der Waals surface area contributed by atoms with Crippen molar-refractivity contribution in [3.8, 4) is 0 Å². The molecule has 1 aromatic heterocycles. The normalized spacial score (nSPS) is 10.0. The van der Waals surface area contributed by atoms with E-state index in [1.807, 2.05) is 6.92 Å². The molecule has 0 aliphatic rings. The Morgan fingerprint density at radius 1 is 1.69 bits per heavy atom. The zero-order valence-corrected chi connectivity index (χ0v) is 8.48. The van der Waals surface area contributed by atoms with Crippen LogP contribution in [0.5, 0.6) is 0 Å². The number of aryl methyl sites for hydroxylation is 1. The highest BCUT2D eigenvalue weighted by atomic mass is 32.1. The van der Waals surface area contributed by atoms with Gasteiger partial charge in [-0.1, -0.05) is 12.2 Å². The van der Waals surface area contributed by atoms with Crippen LogP contribution in [0.15, 0.2) is 6.20 Å². The van der Waals surface area contributed by atoms with Crippen molar-refractivity contribution in [2.75, 3.05) is 6.61 Å². The fourth-order valence-electron chi connectivity index (χ4n) is 0.998. The van der Waals surface area contributed by atoms with Gasteiger partial charge >= 0.3 is 5.97 Å². The molecule has 0 radical (unpaired) electrons. The highest BCUT2D eigenvalue weighted by Crippen LogP contribution is 2.04. The molecule has 72 valence electrons. The summed E-state index contributed by atoms with van der Waals surface area (Å²) in [5.74, 6) is -0.365. The van der Waals surface area contributed by atoms with Gasteiger partial charge < -0.3 is 9.84 Å². The van der Waals surface area contributed by atoms with Crippen LogP contribution in [-0.4, -0.2) is 22.4 Å². The summed E-state index contributed by atoms with van der Waals surface area (Å²) in [5, 5.41) is 2.87.